The minimum atomic E-state index is -0.376. The number of nitrogens with one attached hydrogen (secondary N) is 2. The molecule has 0 aliphatic rings. The third-order valence-electron chi connectivity index (χ3n) is 2.18. The normalized spacial score (nSPS) is 9.72. The van der Waals surface area contributed by atoms with E-state index in [1.807, 2.05) is 0 Å². The molecule has 1 heterocycles. The van der Waals surface area contributed by atoms with Gasteiger partial charge in [-0.2, -0.15) is 0 Å². The minimum absolute atomic E-state index is 0.0249. The molecular weight excluding hydrogens is 236 g/mol. The summed E-state index contributed by atoms with van der Waals surface area (Å²) in [6, 6.07) is 0. The zero-order valence-corrected chi connectivity index (χ0v) is 10.8. The van der Waals surface area contributed by atoms with Crippen LogP contribution in [0.2, 0.25) is 0 Å². The average molecular weight is 254 g/mol. The molecule has 0 saturated carbocycles. The second-order valence-electron chi connectivity index (χ2n) is 3.46. The Hall–Kier alpha value is -2.05. The summed E-state index contributed by atoms with van der Waals surface area (Å²) >= 11 is 0. The standard InChI is InChI=1S/C11H18N4O3/c1-4-5-12-10-9(18-3)11(15-7-14-10)13-6-8(16)17-2/h7H,4-6H2,1-3H3,(H2,12,13,14,15). The van der Waals surface area contributed by atoms with Gasteiger partial charge in [-0.1, -0.05) is 6.92 Å². The van der Waals surface area contributed by atoms with E-state index in [0.717, 1.165) is 13.0 Å². The second-order valence-corrected chi connectivity index (χ2v) is 3.46. The van der Waals surface area contributed by atoms with Gasteiger partial charge < -0.3 is 20.1 Å². The predicted molar refractivity (Wildman–Crippen MR) is 67.9 cm³/mol. The quantitative estimate of drug-likeness (QED) is 0.699. The molecule has 0 bridgehead atoms. The number of carbonyl (C=O) groups is 1. The molecule has 2 N–H and O–H groups in total. The molecule has 0 aliphatic heterocycles. The molecule has 7 heteroatoms. The summed E-state index contributed by atoms with van der Waals surface area (Å²) in [7, 11) is 2.86. The summed E-state index contributed by atoms with van der Waals surface area (Å²) in [5.74, 6) is 1.16. The van der Waals surface area contributed by atoms with Gasteiger partial charge in [0.05, 0.1) is 14.2 Å². The fourth-order valence-corrected chi connectivity index (χ4v) is 1.29. The summed E-state index contributed by atoms with van der Waals surface area (Å²) in [6.07, 6.45) is 2.37. The number of hydrogen-bond donors (Lipinski definition) is 2. The molecule has 0 atom stereocenters. The molecule has 7 nitrogen and oxygen atoms in total. The van der Waals surface area contributed by atoms with E-state index in [2.05, 4.69) is 32.3 Å². The maximum atomic E-state index is 11.1. The van der Waals surface area contributed by atoms with Gasteiger partial charge in [0.15, 0.2) is 11.6 Å². The van der Waals surface area contributed by atoms with Crippen molar-refractivity contribution < 1.29 is 14.3 Å². The molecule has 0 radical (unpaired) electrons. The molecule has 100 valence electrons. The number of ether oxygens (including phenoxy) is 2. The van der Waals surface area contributed by atoms with Crippen LogP contribution in [0.5, 0.6) is 5.75 Å². The molecule has 0 amide bonds. The van der Waals surface area contributed by atoms with Gasteiger partial charge in [-0.25, -0.2) is 9.97 Å². The molecule has 1 rings (SSSR count). The van der Waals surface area contributed by atoms with E-state index < -0.39 is 0 Å². The first-order valence-electron chi connectivity index (χ1n) is 5.66. The van der Waals surface area contributed by atoms with Crippen LogP contribution in [0, 0.1) is 0 Å². The van der Waals surface area contributed by atoms with Crippen LogP contribution in [0.3, 0.4) is 0 Å². The van der Waals surface area contributed by atoms with Crippen LogP contribution in [0.4, 0.5) is 11.6 Å². The Bertz CT molecular complexity index is 398. The summed E-state index contributed by atoms with van der Waals surface area (Å²) < 4.78 is 9.78. The highest BCUT2D eigenvalue weighted by Gasteiger charge is 2.12. The highest BCUT2D eigenvalue weighted by Crippen LogP contribution is 2.28. The van der Waals surface area contributed by atoms with Gasteiger partial charge in [0.25, 0.3) is 0 Å². The lowest BCUT2D eigenvalue weighted by Crippen LogP contribution is -2.17. The summed E-state index contributed by atoms with van der Waals surface area (Å²) in [6.45, 7) is 2.86. The fourth-order valence-electron chi connectivity index (χ4n) is 1.29. The third kappa shape index (κ3) is 3.76. The van der Waals surface area contributed by atoms with Crippen molar-refractivity contribution in [1.82, 2.24) is 9.97 Å². The Morgan fingerprint density at radius 3 is 2.50 bits per heavy atom. The van der Waals surface area contributed by atoms with Gasteiger partial charge >= 0.3 is 5.97 Å². The zero-order valence-electron chi connectivity index (χ0n) is 10.8. The number of anilines is 2. The lowest BCUT2D eigenvalue weighted by Gasteiger charge is -2.13. The highest BCUT2D eigenvalue weighted by molar-refractivity contribution is 5.76. The van der Waals surface area contributed by atoms with Crippen molar-refractivity contribution in [2.24, 2.45) is 0 Å². The fraction of sp³-hybridized carbons (Fsp3) is 0.545. The van der Waals surface area contributed by atoms with Crippen LogP contribution in [0.15, 0.2) is 6.33 Å². The molecule has 0 fully saturated rings. The molecule has 1 aromatic heterocycles. The van der Waals surface area contributed by atoms with Gasteiger partial charge in [0, 0.05) is 6.54 Å². The monoisotopic (exact) mass is 254 g/mol. The Balaban J connectivity index is 2.80. The number of esters is 1. The first kappa shape index (κ1) is 14.0. The third-order valence-corrected chi connectivity index (χ3v) is 2.18. The molecule has 0 spiro atoms. The topological polar surface area (TPSA) is 85.4 Å². The number of aromatic nitrogens is 2. The van der Waals surface area contributed by atoms with Crippen molar-refractivity contribution in [3.05, 3.63) is 6.33 Å². The van der Waals surface area contributed by atoms with Gasteiger partial charge in [0.2, 0.25) is 5.75 Å². The van der Waals surface area contributed by atoms with Gasteiger partial charge in [-0.05, 0) is 6.42 Å². The van der Waals surface area contributed by atoms with Crippen molar-refractivity contribution >= 4 is 17.6 Å². The van der Waals surface area contributed by atoms with Crippen LogP contribution in [-0.4, -0.2) is 43.2 Å². The number of methoxy groups -OCH3 is 2. The molecule has 1 aromatic rings. The SMILES string of the molecule is CCCNc1ncnc(NCC(=O)OC)c1OC. The van der Waals surface area contributed by atoms with Crippen molar-refractivity contribution in [2.45, 2.75) is 13.3 Å². The summed E-state index contributed by atoms with van der Waals surface area (Å²) in [4.78, 5) is 19.2. The maximum Gasteiger partial charge on any atom is 0.325 e. The van der Waals surface area contributed by atoms with Crippen LogP contribution in [0.25, 0.3) is 0 Å². The van der Waals surface area contributed by atoms with E-state index in [-0.39, 0.29) is 12.5 Å². The van der Waals surface area contributed by atoms with Crippen molar-refractivity contribution in [3.8, 4) is 5.75 Å². The zero-order chi connectivity index (χ0) is 13.4. The van der Waals surface area contributed by atoms with Gasteiger partial charge in [-0.3, -0.25) is 4.79 Å². The van der Waals surface area contributed by atoms with E-state index in [9.17, 15) is 4.79 Å². The van der Waals surface area contributed by atoms with Gasteiger partial charge in [0.1, 0.15) is 12.9 Å². The Morgan fingerprint density at radius 2 is 1.94 bits per heavy atom. The predicted octanol–water partition coefficient (Wildman–Crippen LogP) is 0.892. The van der Waals surface area contributed by atoms with E-state index in [1.165, 1.54) is 20.5 Å². The summed E-state index contributed by atoms with van der Waals surface area (Å²) in [5, 5.41) is 5.96. The number of hydrogen-bond acceptors (Lipinski definition) is 7. The largest absolute Gasteiger partial charge is 0.490 e. The second kappa shape index (κ2) is 7.31. The number of nitrogens with zero attached hydrogens (tertiary/aromatic N) is 2. The van der Waals surface area contributed by atoms with Crippen molar-refractivity contribution in [1.29, 1.82) is 0 Å². The van der Waals surface area contributed by atoms with E-state index >= 15 is 0 Å². The number of carbonyl (C=O) groups excluding carboxylic acids is 1. The minimum Gasteiger partial charge on any atom is -0.490 e. The average Bonchev–Trinajstić information content (AvgIpc) is 2.42. The smallest absolute Gasteiger partial charge is 0.325 e. The number of rotatable bonds is 7. The molecule has 0 unspecified atom stereocenters. The summed E-state index contributed by atoms with van der Waals surface area (Å²) in [5.41, 5.74) is 0. The first-order valence-corrected chi connectivity index (χ1v) is 5.66. The van der Waals surface area contributed by atoms with E-state index in [4.69, 9.17) is 4.74 Å². The van der Waals surface area contributed by atoms with E-state index in [1.54, 1.807) is 0 Å². The Morgan fingerprint density at radius 1 is 1.28 bits per heavy atom. The lowest BCUT2D eigenvalue weighted by atomic mass is 10.4. The molecule has 0 aliphatic carbocycles. The Kier molecular flexibility index (Phi) is 5.69. The molecular formula is C11H18N4O3. The molecule has 0 aromatic carbocycles. The molecule has 18 heavy (non-hydrogen) atoms. The van der Waals surface area contributed by atoms with Crippen LogP contribution < -0.4 is 15.4 Å². The van der Waals surface area contributed by atoms with Crippen molar-refractivity contribution in [2.75, 3.05) is 37.9 Å². The Labute approximate surface area is 106 Å². The van der Waals surface area contributed by atoms with Crippen molar-refractivity contribution in [3.63, 3.8) is 0 Å². The van der Waals surface area contributed by atoms with Crippen LogP contribution >= 0.6 is 0 Å². The lowest BCUT2D eigenvalue weighted by molar-refractivity contribution is -0.138. The van der Waals surface area contributed by atoms with E-state index in [0.29, 0.717) is 17.4 Å². The highest BCUT2D eigenvalue weighted by atomic mass is 16.5. The van der Waals surface area contributed by atoms with Gasteiger partial charge in [-0.15, -0.1) is 0 Å². The molecule has 0 saturated heterocycles. The maximum absolute atomic E-state index is 11.1. The van der Waals surface area contributed by atoms with Crippen LogP contribution in [0.1, 0.15) is 13.3 Å². The van der Waals surface area contributed by atoms with Crippen LogP contribution in [-0.2, 0) is 9.53 Å². The first-order chi connectivity index (χ1) is 8.72.